The van der Waals surface area contributed by atoms with Crippen LogP contribution in [0.4, 0.5) is 16.4 Å². The fourth-order valence-electron chi connectivity index (χ4n) is 5.14. The number of para-hydroxylation sites is 2. The van der Waals surface area contributed by atoms with Crippen molar-refractivity contribution in [3.05, 3.63) is 40.8 Å². The highest BCUT2D eigenvalue weighted by Crippen LogP contribution is 2.39. The van der Waals surface area contributed by atoms with Gasteiger partial charge in [-0.3, -0.25) is 9.28 Å². The van der Waals surface area contributed by atoms with Crippen LogP contribution in [0, 0.1) is 12.3 Å². The van der Waals surface area contributed by atoms with Crippen LogP contribution in [0.2, 0.25) is 0 Å². The third kappa shape index (κ3) is 7.51. The molecule has 0 radical (unpaired) electrons. The van der Waals surface area contributed by atoms with Crippen molar-refractivity contribution in [1.29, 1.82) is 0 Å². The molecule has 3 heterocycles. The molecule has 2 aliphatic rings. The van der Waals surface area contributed by atoms with Crippen molar-refractivity contribution in [2.45, 2.75) is 72.6 Å². The summed E-state index contributed by atoms with van der Waals surface area (Å²) in [5.41, 5.74) is 2.78. The van der Waals surface area contributed by atoms with E-state index < -0.39 is 5.41 Å². The molecule has 2 aromatic rings. The number of benzene rings is 1. The first-order chi connectivity index (χ1) is 17.7. The van der Waals surface area contributed by atoms with Crippen LogP contribution in [0.25, 0.3) is 0 Å². The van der Waals surface area contributed by atoms with Crippen LogP contribution in [0.5, 0.6) is 0 Å². The molecule has 0 saturated carbocycles. The van der Waals surface area contributed by atoms with Crippen molar-refractivity contribution in [2.75, 3.05) is 45.3 Å². The summed E-state index contributed by atoms with van der Waals surface area (Å²) in [6, 6.07) is 10.5. The van der Waals surface area contributed by atoms with Gasteiger partial charge in [0.2, 0.25) is 6.73 Å². The zero-order valence-electron chi connectivity index (χ0n) is 23.8. The van der Waals surface area contributed by atoms with Crippen LogP contribution in [0.3, 0.4) is 0 Å². The van der Waals surface area contributed by atoms with E-state index in [1.807, 2.05) is 26.0 Å². The van der Waals surface area contributed by atoms with E-state index in [1.54, 1.807) is 11.3 Å². The number of esters is 1. The first-order valence-corrected chi connectivity index (χ1v) is 14.8. The van der Waals surface area contributed by atoms with Crippen molar-refractivity contribution in [3.63, 3.8) is 0 Å². The number of quaternary nitrogens is 1. The number of fused-ring (bicyclic) bond motifs is 2. The molecule has 0 spiro atoms. The largest absolute Gasteiger partial charge is 1.00 e. The quantitative estimate of drug-likeness (QED) is 0.268. The molecule has 1 saturated heterocycles. The van der Waals surface area contributed by atoms with Gasteiger partial charge in [-0.25, -0.2) is 4.99 Å². The Kier molecular flexibility index (Phi) is 10.7. The van der Waals surface area contributed by atoms with E-state index in [9.17, 15) is 4.79 Å². The molecule has 1 fully saturated rings. The van der Waals surface area contributed by atoms with Crippen LogP contribution in [0.15, 0.2) is 35.3 Å². The van der Waals surface area contributed by atoms with Gasteiger partial charge in [-0.05, 0) is 45.4 Å². The normalized spacial score (nSPS) is 16.3. The number of rotatable bonds is 10. The molecule has 0 unspecified atom stereocenters. The molecule has 210 valence electrons. The molecule has 1 aromatic carbocycles. The summed E-state index contributed by atoms with van der Waals surface area (Å²) in [6.45, 7) is 12.5. The number of unbranched alkanes of at least 4 members (excludes halogenated alkanes) is 5. The predicted octanol–water partition coefficient (Wildman–Crippen LogP) is 4.24. The Labute approximate surface area is 239 Å². The number of carbonyl (C=O) groups excluding carboxylic acids is 1. The molecule has 0 atom stereocenters. The summed E-state index contributed by atoms with van der Waals surface area (Å²) < 4.78 is 6.67. The first kappa shape index (κ1) is 30.5. The maximum atomic E-state index is 13.0. The summed E-state index contributed by atoms with van der Waals surface area (Å²) in [7, 11) is 2.21. The molecule has 2 aliphatic heterocycles. The number of anilines is 2. The van der Waals surface area contributed by atoms with Crippen molar-refractivity contribution in [2.24, 2.45) is 10.4 Å². The number of nitrogens with zero attached hydrogens (tertiary/aromatic N) is 3. The number of nitrogens with one attached hydrogen (secondary N) is 1. The fourth-order valence-corrected chi connectivity index (χ4v) is 6.06. The maximum Gasteiger partial charge on any atom is 0.315 e. The van der Waals surface area contributed by atoms with E-state index in [-0.39, 0.29) is 18.4 Å². The monoisotopic (exact) mass is 560 g/mol. The van der Waals surface area contributed by atoms with Crippen molar-refractivity contribution in [1.82, 2.24) is 4.90 Å². The highest BCUT2D eigenvalue weighted by atomic mass is 35.5. The topological polar surface area (TPSA) is 53.9 Å². The zero-order chi connectivity index (χ0) is 26.5. The second kappa shape index (κ2) is 13.3. The second-order valence-electron chi connectivity index (χ2n) is 11.7. The van der Waals surface area contributed by atoms with Gasteiger partial charge in [0.15, 0.2) is 0 Å². The van der Waals surface area contributed by atoms with Gasteiger partial charge >= 0.3 is 5.97 Å². The predicted molar refractivity (Wildman–Crippen MR) is 155 cm³/mol. The number of thiophene rings is 1. The van der Waals surface area contributed by atoms with Gasteiger partial charge < -0.3 is 27.4 Å². The van der Waals surface area contributed by atoms with Crippen LogP contribution >= 0.6 is 11.3 Å². The fraction of sp³-hybridized carbons (Fsp3) is 0.600. The SMILES string of the molecule is CCCCCCCCC(C)(C)C(=O)OC[N+]1(C)CCN(C2=Nc3ccccc3Nc3sc(C)cc32)CC1.[Cl-]. The van der Waals surface area contributed by atoms with Gasteiger partial charge in [0.05, 0.1) is 55.6 Å². The number of aryl methyl sites for hydroxylation is 1. The van der Waals surface area contributed by atoms with Crippen LogP contribution < -0.4 is 17.7 Å². The second-order valence-corrected chi connectivity index (χ2v) is 13.0. The molecule has 1 aromatic heterocycles. The summed E-state index contributed by atoms with van der Waals surface area (Å²) in [5.74, 6) is 0.983. The van der Waals surface area contributed by atoms with E-state index in [4.69, 9.17) is 9.73 Å². The van der Waals surface area contributed by atoms with Gasteiger partial charge in [-0.2, -0.15) is 0 Å². The minimum atomic E-state index is -0.422. The van der Waals surface area contributed by atoms with Crippen molar-refractivity contribution >= 4 is 39.5 Å². The average Bonchev–Trinajstić information content (AvgIpc) is 3.16. The Morgan fingerprint density at radius 2 is 1.82 bits per heavy atom. The molecule has 0 amide bonds. The lowest BCUT2D eigenvalue weighted by Crippen LogP contribution is -3.00. The lowest BCUT2D eigenvalue weighted by atomic mass is 9.87. The molecule has 8 heteroatoms. The van der Waals surface area contributed by atoms with Crippen molar-refractivity contribution in [3.8, 4) is 0 Å². The van der Waals surface area contributed by atoms with Crippen LogP contribution in [-0.4, -0.2) is 61.1 Å². The summed E-state index contributed by atoms with van der Waals surface area (Å²) in [4.78, 5) is 21.8. The van der Waals surface area contributed by atoms with E-state index in [0.717, 1.165) is 65.7 Å². The van der Waals surface area contributed by atoms with Gasteiger partial charge in [0.1, 0.15) is 10.8 Å². The Hall–Kier alpha value is -2.09. The van der Waals surface area contributed by atoms with Crippen molar-refractivity contribution < 1.29 is 26.4 Å². The number of ether oxygens (including phenoxy) is 1. The minimum Gasteiger partial charge on any atom is -1.00 e. The first-order valence-electron chi connectivity index (χ1n) is 14.0. The molecule has 0 bridgehead atoms. The number of halogens is 1. The highest BCUT2D eigenvalue weighted by Gasteiger charge is 2.35. The number of hydrogen-bond donors (Lipinski definition) is 1. The van der Waals surface area contributed by atoms with Gasteiger partial charge in [-0.15, -0.1) is 11.3 Å². The third-order valence-electron chi connectivity index (χ3n) is 7.81. The Balaban J connectivity index is 0.00000400. The van der Waals surface area contributed by atoms with Gasteiger partial charge in [0, 0.05) is 4.88 Å². The summed E-state index contributed by atoms with van der Waals surface area (Å²) >= 11 is 1.78. The third-order valence-corrected chi connectivity index (χ3v) is 8.77. The number of hydrogen-bond acceptors (Lipinski definition) is 6. The lowest BCUT2D eigenvalue weighted by molar-refractivity contribution is -0.929. The summed E-state index contributed by atoms with van der Waals surface area (Å²) in [5, 5.41) is 4.76. The number of piperazine rings is 1. The minimum absolute atomic E-state index is 0. The molecule has 4 rings (SSSR count). The maximum absolute atomic E-state index is 13.0. The zero-order valence-corrected chi connectivity index (χ0v) is 25.4. The van der Waals surface area contributed by atoms with Gasteiger partial charge in [0.25, 0.3) is 0 Å². The molecular weight excluding hydrogens is 516 g/mol. The number of amidine groups is 1. The number of carbonyl (C=O) groups is 1. The molecule has 6 nitrogen and oxygen atoms in total. The molecule has 1 N–H and O–H groups in total. The highest BCUT2D eigenvalue weighted by molar-refractivity contribution is 7.16. The van der Waals surface area contributed by atoms with E-state index in [0.29, 0.717) is 6.73 Å². The number of likely N-dealkylation sites (N-methyl/N-ethyl adjacent to an activating group) is 1. The lowest BCUT2D eigenvalue weighted by Gasteiger charge is -2.42. The molecule has 0 aliphatic carbocycles. The van der Waals surface area contributed by atoms with E-state index >= 15 is 0 Å². The Morgan fingerprint density at radius 1 is 1.13 bits per heavy atom. The van der Waals surface area contributed by atoms with Crippen LogP contribution in [0.1, 0.15) is 76.2 Å². The Bertz CT molecular complexity index is 1110. The molecule has 38 heavy (non-hydrogen) atoms. The number of aliphatic imine (C=N–C) groups is 1. The van der Waals surface area contributed by atoms with E-state index in [1.165, 1.54) is 42.5 Å². The Morgan fingerprint density at radius 3 is 2.55 bits per heavy atom. The smallest absolute Gasteiger partial charge is 0.315 e. The summed E-state index contributed by atoms with van der Waals surface area (Å²) in [6.07, 6.45) is 8.34. The van der Waals surface area contributed by atoms with Gasteiger partial charge in [-0.1, -0.05) is 57.6 Å². The standard InChI is InChI=1S/C30H45N4O2S.ClH/c1-6-7-8-9-10-13-16-30(3,4)29(35)36-22-34(5)19-17-33(18-20-34)27-24-21-23(2)37-28(24)32-26-15-12-11-14-25(26)31-27;/h11-12,14-15,21,32H,6-10,13,16-20,22H2,1-5H3;1H/q+1;/p-1. The van der Waals surface area contributed by atoms with E-state index in [2.05, 4.69) is 49.3 Å². The van der Waals surface area contributed by atoms with Crippen LogP contribution in [-0.2, 0) is 9.53 Å². The average molecular weight is 561 g/mol. The molecular formula is C30H45ClN4O2S.